The highest BCUT2D eigenvalue weighted by molar-refractivity contribution is 5.72. The van der Waals surface area contributed by atoms with Crippen LogP contribution < -0.4 is 0 Å². The molecule has 0 unspecified atom stereocenters. The van der Waals surface area contributed by atoms with Crippen LogP contribution in [0.3, 0.4) is 0 Å². The molecule has 6 nitrogen and oxygen atoms in total. The standard InChI is InChI=1S/C33H48O6/c1-22-17-18-29(23(2)19-37-20-27-13-9-7-10-14-27)39-31(22)26(5)32(38-21-28-15-11-8-12-16-28)24(3)30(34)25(4)33(35)36-6/h7-16,22-26,29-32,34H,17-21H2,1-6H3/t22-,23+,24-,25+,26+,29-,30+,31-,32-/m0/s1. The van der Waals surface area contributed by atoms with Crippen molar-refractivity contribution in [2.75, 3.05) is 13.7 Å². The van der Waals surface area contributed by atoms with Crippen molar-refractivity contribution in [3.63, 3.8) is 0 Å². The van der Waals surface area contributed by atoms with E-state index in [1.165, 1.54) is 12.7 Å². The first kappa shape index (κ1) is 31.3. The number of hydrogen-bond acceptors (Lipinski definition) is 6. The van der Waals surface area contributed by atoms with Crippen LogP contribution in [0.1, 0.15) is 58.6 Å². The monoisotopic (exact) mass is 540 g/mol. The number of aliphatic hydroxyl groups excluding tert-OH is 1. The summed E-state index contributed by atoms with van der Waals surface area (Å²) in [4.78, 5) is 12.2. The fourth-order valence-electron chi connectivity index (χ4n) is 5.81. The quantitative estimate of drug-likeness (QED) is 0.294. The Labute approximate surface area is 235 Å². The lowest BCUT2D eigenvalue weighted by Crippen LogP contribution is -2.49. The van der Waals surface area contributed by atoms with Crippen LogP contribution in [0.25, 0.3) is 0 Å². The van der Waals surface area contributed by atoms with E-state index in [1.807, 2.05) is 55.5 Å². The average Bonchev–Trinajstić information content (AvgIpc) is 2.97. The van der Waals surface area contributed by atoms with Gasteiger partial charge in [-0.15, -0.1) is 0 Å². The number of esters is 1. The second kappa shape index (κ2) is 15.5. The molecule has 1 heterocycles. The summed E-state index contributed by atoms with van der Waals surface area (Å²) in [5.74, 6) is -0.783. The molecule has 0 saturated carbocycles. The van der Waals surface area contributed by atoms with Crippen LogP contribution in [0.2, 0.25) is 0 Å². The second-order valence-corrected chi connectivity index (χ2v) is 11.5. The summed E-state index contributed by atoms with van der Waals surface area (Å²) in [6.45, 7) is 11.9. The van der Waals surface area contributed by atoms with Gasteiger partial charge in [0.15, 0.2) is 0 Å². The Kier molecular flexibility index (Phi) is 12.4. The summed E-state index contributed by atoms with van der Waals surface area (Å²) in [5.41, 5.74) is 2.23. The zero-order chi connectivity index (χ0) is 28.4. The molecule has 0 amide bonds. The van der Waals surface area contributed by atoms with Gasteiger partial charge in [0.1, 0.15) is 0 Å². The fourth-order valence-corrected chi connectivity index (χ4v) is 5.81. The van der Waals surface area contributed by atoms with Gasteiger partial charge in [0.2, 0.25) is 0 Å². The van der Waals surface area contributed by atoms with Crippen molar-refractivity contribution in [3.8, 4) is 0 Å². The van der Waals surface area contributed by atoms with Crippen molar-refractivity contribution in [1.82, 2.24) is 0 Å². The summed E-state index contributed by atoms with van der Waals surface area (Å²) in [6, 6.07) is 20.3. The molecule has 0 radical (unpaired) electrons. The number of ether oxygens (including phenoxy) is 4. The number of methoxy groups -OCH3 is 1. The van der Waals surface area contributed by atoms with Crippen molar-refractivity contribution < 1.29 is 28.8 Å². The third-order valence-electron chi connectivity index (χ3n) is 8.39. The van der Waals surface area contributed by atoms with E-state index < -0.39 is 18.0 Å². The van der Waals surface area contributed by atoms with Crippen molar-refractivity contribution >= 4 is 5.97 Å². The van der Waals surface area contributed by atoms with Crippen LogP contribution in [0.4, 0.5) is 0 Å². The van der Waals surface area contributed by atoms with E-state index in [4.69, 9.17) is 18.9 Å². The highest BCUT2D eigenvalue weighted by Gasteiger charge is 2.42. The highest BCUT2D eigenvalue weighted by atomic mass is 16.5. The minimum Gasteiger partial charge on any atom is -0.469 e. The molecule has 9 atom stereocenters. The van der Waals surface area contributed by atoms with Crippen molar-refractivity contribution in [2.24, 2.45) is 29.6 Å². The molecule has 3 rings (SSSR count). The van der Waals surface area contributed by atoms with Crippen molar-refractivity contribution in [2.45, 2.75) is 85.1 Å². The smallest absolute Gasteiger partial charge is 0.311 e. The van der Waals surface area contributed by atoms with Crippen LogP contribution >= 0.6 is 0 Å². The second-order valence-electron chi connectivity index (χ2n) is 11.5. The fraction of sp³-hybridized carbons (Fsp3) is 0.606. The largest absolute Gasteiger partial charge is 0.469 e. The van der Waals surface area contributed by atoms with E-state index in [0.29, 0.717) is 25.7 Å². The van der Waals surface area contributed by atoms with E-state index in [0.717, 1.165) is 18.4 Å². The van der Waals surface area contributed by atoms with Gasteiger partial charge in [-0.1, -0.05) is 88.4 Å². The number of aliphatic hydroxyl groups is 1. The predicted molar refractivity (Wildman–Crippen MR) is 153 cm³/mol. The summed E-state index contributed by atoms with van der Waals surface area (Å²) >= 11 is 0. The van der Waals surface area contributed by atoms with Crippen molar-refractivity contribution in [1.29, 1.82) is 0 Å². The Hall–Kier alpha value is -2.25. The zero-order valence-electron chi connectivity index (χ0n) is 24.5. The number of benzene rings is 2. The summed E-state index contributed by atoms with van der Waals surface area (Å²) in [5, 5.41) is 11.2. The normalized spacial score (nSPS) is 24.2. The molecule has 2 aromatic carbocycles. The maximum Gasteiger partial charge on any atom is 0.311 e. The molecule has 2 aromatic rings. The van der Waals surface area contributed by atoms with Gasteiger partial charge in [-0.05, 0) is 36.8 Å². The van der Waals surface area contributed by atoms with E-state index >= 15 is 0 Å². The molecule has 0 bridgehead atoms. The molecule has 0 spiro atoms. The van der Waals surface area contributed by atoms with Gasteiger partial charge < -0.3 is 24.1 Å². The number of carbonyl (C=O) groups is 1. The Balaban J connectivity index is 1.69. The molecule has 1 N–H and O–H groups in total. The third-order valence-corrected chi connectivity index (χ3v) is 8.39. The summed E-state index contributed by atoms with van der Waals surface area (Å²) in [6.07, 6.45) is 0.887. The van der Waals surface area contributed by atoms with Gasteiger partial charge in [0, 0.05) is 17.8 Å². The average molecular weight is 541 g/mol. The van der Waals surface area contributed by atoms with Gasteiger partial charge in [-0.25, -0.2) is 0 Å². The first-order valence-corrected chi connectivity index (χ1v) is 14.4. The minimum atomic E-state index is -0.902. The van der Waals surface area contributed by atoms with E-state index in [2.05, 4.69) is 32.9 Å². The van der Waals surface area contributed by atoms with Crippen LogP contribution in [0.15, 0.2) is 60.7 Å². The topological polar surface area (TPSA) is 74.2 Å². The van der Waals surface area contributed by atoms with Crippen LogP contribution in [-0.2, 0) is 37.0 Å². The van der Waals surface area contributed by atoms with Crippen LogP contribution in [0.5, 0.6) is 0 Å². The molecular formula is C33H48O6. The SMILES string of the molecule is COC(=O)[C@H](C)[C@H](O)[C@H](C)[C@H](OCc1ccccc1)[C@H](C)[C@H]1O[C@H]([C@H](C)COCc2ccccc2)CC[C@@H]1C. The molecular weight excluding hydrogens is 492 g/mol. The van der Waals surface area contributed by atoms with Gasteiger partial charge in [0.25, 0.3) is 0 Å². The lowest BCUT2D eigenvalue weighted by molar-refractivity contribution is -0.173. The van der Waals surface area contributed by atoms with Gasteiger partial charge in [-0.2, -0.15) is 0 Å². The summed E-state index contributed by atoms with van der Waals surface area (Å²) < 4.78 is 24.3. The van der Waals surface area contributed by atoms with Gasteiger partial charge in [-0.3, -0.25) is 4.79 Å². The van der Waals surface area contributed by atoms with Crippen molar-refractivity contribution in [3.05, 3.63) is 71.8 Å². The van der Waals surface area contributed by atoms with E-state index in [1.54, 1.807) is 6.92 Å². The van der Waals surface area contributed by atoms with Crippen LogP contribution in [0, 0.1) is 29.6 Å². The number of rotatable bonds is 14. The molecule has 1 saturated heterocycles. The molecule has 1 fully saturated rings. The molecule has 0 aromatic heterocycles. The minimum absolute atomic E-state index is 0.00144. The predicted octanol–water partition coefficient (Wildman–Crippen LogP) is 6.05. The summed E-state index contributed by atoms with van der Waals surface area (Å²) in [7, 11) is 1.35. The maximum atomic E-state index is 12.2. The molecule has 216 valence electrons. The Morgan fingerprint density at radius 2 is 1.54 bits per heavy atom. The molecule has 0 aliphatic carbocycles. The maximum absolute atomic E-state index is 12.2. The molecule has 6 heteroatoms. The van der Waals surface area contributed by atoms with Gasteiger partial charge >= 0.3 is 5.97 Å². The van der Waals surface area contributed by atoms with Gasteiger partial charge in [0.05, 0.1) is 57.3 Å². The van der Waals surface area contributed by atoms with E-state index in [-0.39, 0.29) is 36.1 Å². The molecule has 1 aliphatic heterocycles. The molecule has 39 heavy (non-hydrogen) atoms. The highest BCUT2D eigenvalue weighted by Crippen LogP contribution is 2.37. The Morgan fingerprint density at radius 1 is 0.949 bits per heavy atom. The lowest BCUT2D eigenvalue weighted by Gasteiger charge is -2.44. The van der Waals surface area contributed by atoms with E-state index in [9.17, 15) is 9.90 Å². The number of hydrogen-bond donors (Lipinski definition) is 1. The van der Waals surface area contributed by atoms with Crippen LogP contribution in [-0.4, -0.2) is 49.2 Å². The molecule has 1 aliphatic rings. The first-order chi connectivity index (χ1) is 18.7. The first-order valence-electron chi connectivity index (χ1n) is 14.4. The lowest BCUT2D eigenvalue weighted by atomic mass is 9.77. The Bertz CT molecular complexity index is 967. The Morgan fingerprint density at radius 3 is 2.13 bits per heavy atom. The zero-order valence-corrected chi connectivity index (χ0v) is 24.5. The third kappa shape index (κ3) is 8.87. The number of carbonyl (C=O) groups excluding carboxylic acids is 1.